The summed E-state index contributed by atoms with van der Waals surface area (Å²) in [5, 5.41) is 3.27. The summed E-state index contributed by atoms with van der Waals surface area (Å²) in [5.41, 5.74) is 0. The van der Waals surface area contributed by atoms with Gasteiger partial charge in [-0.15, -0.1) is 0 Å². The van der Waals surface area contributed by atoms with E-state index in [1.165, 1.54) is 0 Å². The molecule has 0 radical (unpaired) electrons. The monoisotopic (exact) mass is 309 g/mol. The van der Waals surface area contributed by atoms with Crippen LogP contribution in [-0.2, 0) is 25.0 Å². The molecular weight excluding hydrogens is 278 g/mol. The smallest absolute Gasteiger partial charge is 0.0701 e. The second-order valence-corrected chi connectivity index (χ2v) is 6.27. The third-order valence-electron chi connectivity index (χ3n) is 2.61. The maximum atomic E-state index is 11.0. The summed E-state index contributed by atoms with van der Waals surface area (Å²) >= 11 is 0. The largest absolute Gasteiger partial charge is 0.379 e. The van der Waals surface area contributed by atoms with E-state index in [-0.39, 0.29) is 6.04 Å². The lowest BCUT2D eigenvalue weighted by Gasteiger charge is -2.12. The van der Waals surface area contributed by atoms with Crippen molar-refractivity contribution in [1.29, 1.82) is 0 Å². The summed E-state index contributed by atoms with van der Waals surface area (Å²) in [4.78, 5) is 0. The first-order valence-corrected chi connectivity index (χ1v) is 9.16. The Morgan fingerprint density at radius 1 is 1.00 bits per heavy atom. The minimum absolute atomic E-state index is 0.265. The molecule has 0 aromatic heterocycles. The molecule has 0 aromatic rings. The summed E-state index contributed by atoms with van der Waals surface area (Å²) < 4.78 is 27.2. The second kappa shape index (κ2) is 15.4. The molecule has 0 aliphatic rings. The average Bonchev–Trinajstić information content (AvgIpc) is 2.39. The Kier molecular flexibility index (Phi) is 15.4. The van der Waals surface area contributed by atoms with E-state index in [4.69, 9.17) is 14.2 Å². The van der Waals surface area contributed by atoms with Crippen LogP contribution in [0.1, 0.15) is 26.7 Å². The molecule has 0 saturated carbocycles. The molecule has 0 fully saturated rings. The molecule has 0 aromatic carbocycles. The van der Waals surface area contributed by atoms with E-state index in [0.29, 0.717) is 38.8 Å². The molecule has 0 saturated heterocycles. The van der Waals surface area contributed by atoms with Crippen molar-refractivity contribution >= 4 is 10.8 Å². The highest BCUT2D eigenvalue weighted by Gasteiger charge is 2.02. The maximum absolute atomic E-state index is 11.0. The number of ether oxygens (including phenoxy) is 3. The molecule has 0 spiro atoms. The molecule has 0 aliphatic heterocycles. The third-order valence-corrected chi connectivity index (χ3v) is 3.58. The molecule has 6 heteroatoms. The van der Waals surface area contributed by atoms with E-state index < -0.39 is 10.8 Å². The van der Waals surface area contributed by atoms with Crippen molar-refractivity contribution in [2.45, 2.75) is 32.7 Å². The van der Waals surface area contributed by atoms with Crippen LogP contribution in [0.25, 0.3) is 0 Å². The van der Waals surface area contributed by atoms with Crippen LogP contribution < -0.4 is 5.32 Å². The Hall–Kier alpha value is -0.0100. The third kappa shape index (κ3) is 16.0. The normalized spacial score (nSPS) is 14.3. The van der Waals surface area contributed by atoms with Gasteiger partial charge in [-0.25, -0.2) is 0 Å². The van der Waals surface area contributed by atoms with Gasteiger partial charge in [0.2, 0.25) is 0 Å². The van der Waals surface area contributed by atoms with E-state index in [0.717, 1.165) is 26.0 Å². The van der Waals surface area contributed by atoms with Crippen LogP contribution in [0.2, 0.25) is 0 Å². The summed E-state index contributed by atoms with van der Waals surface area (Å²) in [6.07, 6.45) is 3.99. The van der Waals surface area contributed by atoms with E-state index >= 15 is 0 Å². The number of unbranched alkanes of at least 4 members (excludes halogenated alkanes) is 1. The van der Waals surface area contributed by atoms with Gasteiger partial charge in [0.15, 0.2) is 0 Å². The first-order chi connectivity index (χ1) is 9.66. The Balaban J connectivity index is 3.08. The van der Waals surface area contributed by atoms with Crippen molar-refractivity contribution in [2.75, 3.05) is 58.2 Å². The zero-order valence-corrected chi connectivity index (χ0v) is 14.0. The van der Waals surface area contributed by atoms with Crippen LogP contribution in [0.15, 0.2) is 0 Å². The summed E-state index contributed by atoms with van der Waals surface area (Å²) in [7, 11) is -0.747. The van der Waals surface area contributed by atoms with Crippen molar-refractivity contribution in [3.63, 3.8) is 0 Å². The molecule has 2 unspecified atom stereocenters. The molecule has 0 heterocycles. The minimum atomic E-state index is -0.747. The first-order valence-electron chi connectivity index (χ1n) is 7.43. The van der Waals surface area contributed by atoms with Gasteiger partial charge in [0.1, 0.15) is 0 Å². The van der Waals surface area contributed by atoms with Crippen molar-refractivity contribution in [2.24, 2.45) is 0 Å². The lowest BCUT2D eigenvalue weighted by atomic mass is 10.4. The lowest BCUT2D eigenvalue weighted by Crippen LogP contribution is -2.33. The van der Waals surface area contributed by atoms with Gasteiger partial charge in [-0.05, 0) is 13.3 Å². The van der Waals surface area contributed by atoms with Gasteiger partial charge in [0, 0.05) is 42.0 Å². The number of hydrogen-bond acceptors (Lipinski definition) is 5. The quantitative estimate of drug-likeness (QED) is 0.461. The van der Waals surface area contributed by atoms with Crippen LogP contribution in [0.3, 0.4) is 0 Å². The molecule has 0 bridgehead atoms. The fourth-order valence-corrected chi connectivity index (χ4v) is 2.40. The van der Waals surface area contributed by atoms with Crippen molar-refractivity contribution in [3.05, 3.63) is 0 Å². The lowest BCUT2D eigenvalue weighted by molar-refractivity contribution is 0.0145. The Morgan fingerprint density at radius 2 is 1.55 bits per heavy atom. The SMILES string of the molecule is CCCCOCCOCCOCCNC(C)CS(C)=O. The number of rotatable bonds is 15. The fourth-order valence-electron chi connectivity index (χ4n) is 1.58. The fraction of sp³-hybridized carbons (Fsp3) is 1.00. The standard InChI is InChI=1S/C14H31NO4S/c1-4-5-7-17-9-11-19-12-10-18-8-6-15-14(2)13-20(3)16/h14-15H,4-13H2,1-3H3. The van der Waals surface area contributed by atoms with Gasteiger partial charge in [-0.2, -0.15) is 0 Å². The molecule has 2 atom stereocenters. The predicted octanol–water partition coefficient (Wildman–Crippen LogP) is 1.19. The molecule has 1 N–H and O–H groups in total. The second-order valence-electron chi connectivity index (χ2n) is 4.79. The molecular formula is C14H31NO4S. The van der Waals surface area contributed by atoms with Crippen molar-refractivity contribution < 1.29 is 18.4 Å². The van der Waals surface area contributed by atoms with Gasteiger partial charge < -0.3 is 19.5 Å². The topological polar surface area (TPSA) is 56.8 Å². The highest BCUT2D eigenvalue weighted by atomic mass is 32.2. The van der Waals surface area contributed by atoms with E-state index in [1.807, 2.05) is 6.92 Å². The Bertz CT molecular complexity index is 229. The molecule has 0 rings (SSSR count). The maximum Gasteiger partial charge on any atom is 0.0701 e. The van der Waals surface area contributed by atoms with Gasteiger partial charge in [-0.1, -0.05) is 13.3 Å². The Morgan fingerprint density at radius 3 is 2.10 bits per heavy atom. The number of hydrogen-bond donors (Lipinski definition) is 1. The Labute approximate surface area is 126 Å². The summed E-state index contributed by atoms with van der Waals surface area (Å²) in [6.45, 7) is 8.92. The van der Waals surface area contributed by atoms with Gasteiger partial charge in [-0.3, -0.25) is 4.21 Å². The van der Waals surface area contributed by atoms with Crippen LogP contribution in [0.5, 0.6) is 0 Å². The minimum Gasteiger partial charge on any atom is -0.379 e. The molecule has 122 valence electrons. The molecule has 0 amide bonds. The van der Waals surface area contributed by atoms with E-state index in [1.54, 1.807) is 6.26 Å². The van der Waals surface area contributed by atoms with Crippen LogP contribution in [0, 0.1) is 0 Å². The molecule has 20 heavy (non-hydrogen) atoms. The van der Waals surface area contributed by atoms with Gasteiger partial charge >= 0.3 is 0 Å². The zero-order chi connectivity index (χ0) is 15.1. The first kappa shape index (κ1) is 20.0. The average molecular weight is 309 g/mol. The van der Waals surface area contributed by atoms with Gasteiger partial charge in [0.05, 0.1) is 33.0 Å². The molecule has 0 aliphatic carbocycles. The highest BCUT2D eigenvalue weighted by Crippen LogP contribution is 1.88. The van der Waals surface area contributed by atoms with Crippen LogP contribution in [0.4, 0.5) is 0 Å². The summed E-state index contributed by atoms with van der Waals surface area (Å²) in [6, 6.07) is 0.265. The van der Waals surface area contributed by atoms with Crippen molar-refractivity contribution in [1.82, 2.24) is 5.32 Å². The van der Waals surface area contributed by atoms with Crippen molar-refractivity contribution in [3.8, 4) is 0 Å². The van der Waals surface area contributed by atoms with Crippen LogP contribution >= 0.6 is 0 Å². The van der Waals surface area contributed by atoms with E-state index in [9.17, 15) is 4.21 Å². The number of nitrogens with one attached hydrogen (secondary N) is 1. The highest BCUT2D eigenvalue weighted by molar-refractivity contribution is 7.84. The predicted molar refractivity (Wildman–Crippen MR) is 83.8 cm³/mol. The van der Waals surface area contributed by atoms with Gasteiger partial charge in [0.25, 0.3) is 0 Å². The van der Waals surface area contributed by atoms with E-state index in [2.05, 4.69) is 12.2 Å². The molecule has 5 nitrogen and oxygen atoms in total. The summed E-state index contributed by atoms with van der Waals surface area (Å²) in [5.74, 6) is 0.682. The zero-order valence-electron chi connectivity index (χ0n) is 13.2. The van der Waals surface area contributed by atoms with Crippen LogP contribution in [-0.4, -0.2) is 68.4 Å².